The van der Waals surface area contributed by atoms with Gasteiger partial charge in [-0.05, 0) is 42.6 Å². The van der Waals surface area contributed by atoms with Crippen molar-refractivity contribution in [3.63, 3.8) is 0 Å². The van der Waals surface area contributed by atoms with E-state index in [1.54, 1.807) is 7.11 Å². The van der Waals surface area contributed by atoms with Crippen LogP contribution in [0.1, 0.15) is 53.5 Å². The molecule has 1 aromatic rings. The topological polar surface area (TPSA) is 47.9 Å². The second kappa shape index (κ2) is 9.44. The summed E-state index contributed by atoms with van der Waals surface area (Å²) in [5.41, 5.74) is 0.586. The number of hydrogen-bond donors (Lipinski definition) is 0. The molecular weight excluding hydrogens is 390 g/mol. The fraction of sp³-hybridized carbons (Fsp3) is 0.636. The summed E-state index contributed by atoms with van der Waals surface area (Å²) >= 11 is 6.04. The standard InChI is InChI=1S/C22H36ClNO3Si/c1-21(2,3)19(25)20(23)24-14-10-11-16-12-13-17(15-18(16)26-7)27-28(8,9)22(4,5)6/h12-13,15H,10-11,14H2,1-9H3. The molecule has 0 heterocycles. The highest BCUT2D eigenvalue weighted by Crippen LogP contribution is 2.38. The number of halogens is 1. The molecule has 0 unspecified atom stereocenters. The van der Waals surface area contributed by atoms with E-state index in [4.69, 9.17) is 20.8 Å². The first-order valence-electron chi connectivity index (χ1n) is 9.80. The normalized spacial score (nSPS) is 13.4. The van der Waals surface area contributed by atoms with E-state index in [0.717, 1.165) is 29.9 Å². The smallest absolute Gasteiger partial charge is 0.250 e. The van der Waals surface area contributed by atoms with Crippen molar-refractivity contribution in [2.24, 2.45) is 10.4 Å². The molecule has 0 aliphatic heterocycles. The minimum atomic E-state index is -1.89. The molecule has 0 aliphatic carbocycles. The quantitative estimate of drug-likeness (QED) is 0.280. The minimum Gasteiger partial charge on any atom is -0.543 e. The van der Waals surface area contributed by atoms with E-state index < -0.39 is 13.7 Å². The van der Waals surface area contributed by atoms with Crippen molar-refractivity contribution < 1.29 is 14.0 Å². The van der Waals surface area contributed by atoms with Gasteiger partial charge in [-0.25, -0.2) is 0 Å². The van der Waals surface area contributed by atoms with Crippen LogP contribution < -0.4 is 9.16 Å². The van der Waals surface area contributed by atoms with Gasteiger partial charge in [-0.1, -0.05) is 59.2 Å². The van der Waals surface area contributed by atoms with Crippen molar-refractivity contribution in [2.45, 2.75) is 72.5 Å². The SMILES string of the molecule is COc1cc(O[Si](C)(C)C(C)(C)C)ccc1CCCN=C(Cl)C(=O)C(C)(C)C. The van der Waals surface area contributed by atoms with Crippen LogP contribution in [0.5, 0.6) is 11.5 Å². The van der Waals surface area contributed by atoms with Crippen molar-refractivity contribution >= 4 is 30.9 Å². The second-order valence-corrected chi connectivity index (χ2v) is 14.8. The summed E-state index contributed by atoms with van der Waals surface area (Å²) in [5.74, 6) is 1.54. The molecule has 0 fully saturated rings. The fourth-order valence-corrected chi connectivity index (χ4v) is 3.66. The average molecular weight is 426 g/mol. The van der Waals surface area contributed by atoms with E-state index in [0.29, 0.717) is 6.54 Å². The summed E-state index contributed by atoms with van der Waals surface area (Å²) in [4.78, 5) is 16.3. The van der Waals surface area contributed by atoms with Crippen LogP contribution in [0.3, 0.4) is 0 Å². The Kier molecular flexibility index (Phi) is 8.33. The van der Waals surface area contributed by atoms with Crippen molar-refractivity contribution in [1.82, 2.24) is 0 Å². The Hall–Kier alpha value is -1.33. The van der Waals surface area contributed by atoms with Crippen molar-refractivity contribution in [3.8, 4) is 11.5 Å². The molecule has 0 aliphatic rings. The number of carbonyl (C=O) groups excluding carboxylic acids is 1. The maximum atomic E-state index is 12.1. The number of ether oxygens (including phenoxy) is 1. The molecule has 0 N–H and O–H groups in total. The number of hydrogen-bond acceptors (Lipinski definition) is 4. The molecule has 0 saturated carbocycles. The van der Waals surface area contributed by atoms with Crippen LogP contribution in [0.25, 0.3) is 0 Å². The lowest BCUT2D eigenvalue weighted by atomic mass is 9.91. The summed E-state index contributed by atoms with van der Waals surface area (Å²) in [6.45, 7) is 17.2. The summed E-state index contributed by atoms with van der Waals surface area (Å²) < 4.78 is 11.9. The highest BCUT2D eigenvalue weighted by Gasteiger charge is 2.39. The molecule has 0 saturated heterocycles. The van der Waals surface area contributed by atoms with Gasteiger partial charge < -0.3 is 9.16 Å². The molecule has 0 atom stereocenters. The average Bonchev–Trinajstić information content (AvgIpc) is 2.56. The van der Waals surface area contributed by atoms with Gasteiger partial charge in [0, 0.05) is 18.0 Å². The number of ketones is 1. The third kappa shape index (κ3) is 6.93. The van der Waals surface area contributed by atoms with E-state index in [1.807, 2.05) is 39.0 Å². The van der Waals surface area contributed by atoms with Gasteiger partial charge in [0.2, 0.25) is 8.32 Å². The van der Waals surface area contributed by atoms with Crippen LogP contribution in [-0.2, 0) is 11.2 Å². The Labute approximate surface area is 176 Å². The molecule has 4 nitrogen and oxygen atoms in total. The lowest BCUT2D eigenvalue weighted by molar-refractivity contribution is -0.119. The maximum absolute atomic E-state index is 12.1. The Morgan fingerprint density at radius 2 is 1.75 bits per heavy atom. The van der Waals surface area contributed by atoms with E-state index in [2.05, 4.69) is 38.9 Å². The number of aryl methyl sites for hydroxylation is 1. The van der Waals surface area contributed by atoms with Crippen LogP contribution in [0.15, 0.2) is 23.2 Å². The Morgan fingerprint density at radius 3 is 2.25 bits per heavy atom. The molecule has 1 rings (SSSR count). The number of Topliss-reactive ketones (excluding diaryl/α,β-unsaturated/α-hetero) is 1. The van der Waals surface area contributed by atoms with Crippen LogP contribution in [-0.4, -0.2) is 32.9 Å². The summed E-state index contributed by atoms with van der Waals surface area (Å²) in [5, 5.41) is 0.221. The summed E-state index contributed by atoms with van der Waals surface area (Å²) in [6, 6.07) is 6.03. The van der Waals surface area contributed by atoms with E-state index in [-0.39, 0.29) is 16.0 Å². The van der Waals surface area contributed by atoms with Crippen molar-refractivity contribution in [2.75, 3.05) is 13.7 Å². The third-order valence-corrected chi connectivity index (χ3v) is 9.81. The molecule has 0 radical (unpaired) electrons. The van der Waals surface area contributed by atoms with Crippen LogP contribution in [0.4, 0.5) is 0 Å². The van der Waals surface area contributed by atoms with Crippen molar-refractivity contribution in [1.29, 1.82) is 0 Å². The van der Waals surface area contributed by atoms with E-state index in [1.165, 1.54) is 0 Å². The number of nitrogens with zero attached hydrogens (tertiary/aromatic N) is 1. The Morgan fingerprint density at radius 1 is 1.14 bits per heavy atom. The molecule has 28 heavy (non-hydrogen) atoms. The van der Waals surface area contributed by atoms with Gasteiger partial charge in [0.05, 0.1) is 7.11 Å². The molecule has 0 spiro atoms. The lowest BCUT2D eigenvalue weighted by Crippen LogP contribution is -2.43. The van der Waals surface area contributed by atoms with Crippen LogP contribution in [0, 0.1) is 5.41 Å². The van der Waals surface area contributed by atoms with Gasteiger partial charge >= 0.3 is 0 Å². The van der Waals surface area contributed by atoms with Gasteiger partial charge in [0.25, 0.3) is 0 Å². The van der Waals surface area contributed by atoms with E-state index >= 15 is 0 Å². The van der Waals surface area contributed by atoms with Gasteiger partial charge in [0.15, 0.2) is 11.0 Å². The largest absolute Gasteiger partial charge is 0.543 e. The highest BCUT2D eigenvalue weighted by atomic mass is 35.5. The fourth-order valence-electron chi connectivity index (χ4n) is 2.27. The first-order chi connectivity index (χ1) is 12.7. The molecular formula is C22H36ClNO3Si. The predicted molar refractivity (Wildman–Crippen MR) is 122 cm³/mol. The Bertz CT molecular complexity index is 715. The zero-order chi connectivity index (χ0) is 21.8. The molecule has 0 aromatic heterocycles. The first kappa shape index (κ1) is 24.7. The third-order valence-electron chi connectivity index (χ3n) is 5.16. The van der Waals surface area contributed by atoms with Crippen LogP contribution >= 0.6 is 11.6 Å². The zero-order valence-corrected chi connectivity index (χ0v) is 20.7. The maximum Gasteiger partial charge on any atom is 0.250 e. The molecule has 158 valence electrons. The van der Waals surface area contributed by atoms with Gasteiger partial charge in [0.1, 0.15) is 11.5 Å². The number of carbonyl (C=O) groups is 1. The second-order valence-electron chi connectivity index (χ2n) is 9.69. The highest BCUT2D eigenvalue weighted by molar-refractivity contribution is 6.83. The minimum absolute atomic E-state index is 0.0811. The molecule has 0 amide bonds. The predicted octanol–water partition coefficient (Wildman–Crippen LogP) is 6.26. The first-order valence-corrected chi connectivity index (χ1v) is 13.1. The number of rotatable bonds is 8. The number of aliphatic imine (C=N–C) groups is 1. The van der Waals surface area contributed by atoms with E-state index in [9.17, 15) is 4.79 Å². The molecule has 0 bridgehead atoms. The number of methoxy groups -OCH3 is 1. The number of benzene rings is 1. The van der Waals surface area contributed by atoms with Crippen molar-refractivity contribution in [3.05, 3.63) is 23.8 Å². The van der Waals surface area contributed by atoms with Gasteiger partial charge in [-0.2, -0.15) is 0 Å². The molecule has 6 heteroatoms. The monoisotopic (exact) mass is 425 g/mol. The molecule has 1 aromatic carbocycles. The summed E-state index contributed by atoms with van der Waals surface area (Å²) in [7, 11) is -0.216. The Balaban J connectivity index is 2.77. The zero-order valence-electron chi connectivity index (χ0n) is 18.9. The lowest BCUT2D eigenvalue weighted by Gasteiger charge is -2.36. The summed E-state index contributed by atoms with van der Waals surface area (Å²) in [6.07, 6.45) is 1.58. The van der Waals surface area contributed by atoms with Gasteiger partial charge in [-0.15, -0.1) is 0 Å². The van der Waals surface area contributed by atoms with Crippen LogP contribution in [0.2, 0.25) is 18.1 Å². The van der Waals surface area contributed by atoms with Gasteiger partial charge in [-0.3, -0.25) is 9.79 Å².